The lowest BCUT2D eigenvalue weighted by Gasteiger charge is -2.24. The van der Waals surface area contributed by atoms with E-state index in [1.165, 1.54) is 6.33 Å². The highest BCUT2D eigenvalue weighted by molar-refractivity contribution is 5.95. The van der Waals surface area contributed by atoms with Crippen molar-refractivity contribution < 1.29 is 9.90 Å². The van der Waals surface area contributed by atoms with Gasteiger partial charge in [0.15, 0.2) is 0 Å². The molecular formula is C18H26N4O2. The van der Waals surface area contributed by atoms with Crippen molar-refractivity contribution in [2.75, 3.05) is 6.54 Å². The van der Waals surface area contributed by atoms with Crippen LogP contribution in [-0.4, -0.2) is 37.9 Å². The van der Waals surface area contributed by atoms with Crippen LogP contribution in [0.25, 0.3) is 5.69 Å². The standard InChI is InChI=1S/C18H26N4O2/c1-13(2)7-8-18(4,24)10-20-17(23)16-6-5-15(9-14(16)3)22-12-19-11-21-22/h5-6,9,11-13,24H,7-8,10H2,1-4H3,(H,20,23). The molecule has 1 aromatic heterocycles. The van der Waals surface area contributed by atoms with Gasteiger partial charge >= 0.3 is 0 Å². The number of amides is 1. The Kier molecular flexibility index (Phi) is 5.72. The molecule has 0 spiro atoms. The summed E-state index contributed by atoms with van der Waals surface area (Å²) in [6, 6.07) is 5.48. The number of aryl methyl sites for hydroxylation is 1. The maximum atomic E-state index is 12.4. The molecule has 1 atom stereocenters. The zero-order chi connectivity index (χ0) is 17.7. The average molecular weight is 330 g/mol. The second-order valence-electron chi connectivity index (χ2n) is 6.95. The lowest BCUT2D eigenvalue weighted by Crippen LogP contribution is -2.41. The number of carbonyl (C=O) groups excluding carboxylic acids is 1. The number of benzene rings is 1. The molecule has 130 valence electrons. The number of aromatic nitrogens is 3. The number of nitrogens with zero attached hydrogens (tertiary/aromatic N) is 3. The number of carbonyl (C=O) groups is 1. The summed E-state index contributed by atoms with van der Waals surface area (Å²) in [6.45, 7) is 8.12. The molecule has 6 nitrogen and oxygen atoms in total. The summed E-state index contributed by atoms with van der Waals surface area (Å²) in [7, 11) is 0. The third-order valence-electron chi connectivity index (χ3n) is 4.03. The van der Waals surface area contributed by atoms with Crippen molar-refractivity contribution in [3.63, 3.8) is 0 Å². The second kappa shape index (κ2) is 7.57. The third kappa shape index (κ3) is 4.89. The predicted octanol–water partition coefficient (Wildman–Crippen LogP) is 2.49. The smallest absolute Gasteiger partial charge is 0.251 e. The van der Waals surface area contributed by atoms with E-state index in [4.69, 9.17) is 0 Å². The number of rotatable bonds is 7. The molecule has 24 heavy (non-hydrogen) atoms. The molecule has 6 heteroatoms. The Bertz CT molecular complexity index is 678. The molecule has 2 aromatic rings. The highest BCUT2D eigenvalue weighted by Gasteiger charge is 2.22. The molecule has 0 fully saturated rings. The molecule has 1 heterocycles. The molecule has 0 aliphatic carbocycles. The van der Waals surface area contributed by atoms with E-state index in [2.05, 4.69) is 29.2 Å². The minimum atomic E-state index is -0.894. The second-order valence-corrected chi connectivity index (χ2v) is 6.95. The molecule has 0 aliphatic rings. The third-order valence-corrected chi connectivity index (χ3v) is 4.03. The summed E-state index contributed by atoms with van der Waals surface area (Å²) in [6.07, 6.45) is 4.67. The first-order valence-electron chi connectivity index (χ1n) is 8.25. The first-order valence-corrected chi connectivity index (χ1v) is 8.25. The molecule has 0 bridgehead atoms. The van der Waals surface area contributed by atoms with Gasteiger partial charge in [-0.15, -0.1) is 0 Å². The van der Waals surface area contributed by atoms with Crippen LogP contribution in [-0.2, 0) is 0 Å². The largest absolute Gasteiger partial charge is 0.388 e. The quantitative estimate of drug-likeness (QED) is 0.817. The van der Waals surface area contributed by atoms with Gasteiger partial charge in [0.25, 0.3) is 5.91 Å². The lowest BCUT2D eigenvalue weighted by molar-refractivity contribution is 0.0429. The highest BCUT2D eigenvalue weighted by Crippen LogP contribution is 2.17. The maximum Gasteiger partial charge on any atom is 0.251 e. The van der Waals surface area contributed by atoms with Crippen LogP contribution < -0.4 is 5.32 Å². The number of nitrogens with one attached hydrogen (secondary N) is 1. The van der Waals surface area contributed by atoms with Crippen LogP contribution in [0.15, 0.2) is 30.9 Å². The molecule has 1 aromatic carbocycles. The van der Waals surface area contributed by atoms with E-state index in [0.717, 1.165) is 17.7 Å². The normalized spacial score (nSPS) is 13.8. The summed E-state index contributed by atoms with van der Waals surface area (Å²) >= 11 is 0. The zero-order valence-corrected chi connectivity index (χ0v) is 14.8. The van der Waals surface area contributed by atoms with Gasteiger partial charge in [-0.1, -0.05) is 13.8 Å². The Morgan fingerprint density at radius 2 is 2.17 bits per heavy atom. The molecule has 0 saturated carbocycles. The van der Waals surface area contributed by atoms with Crippen LogP contribution in [0, 0.1) is 12.8 Å². The van der Waals surface area contributed by atoms with E-state index in [-0.39, 0.29) is 12.5 Å². The van der Waals surface area contributed by atoms with Crippen LogP contribution in [0.3, 0.4) is 0 Å². The van der Waals surface area contributed by atoms with Crippen LogP contribution in [0.2, 0.25) is 0 Å². The fourth-order valence-corrected chi connectivity index (χ4v) is 2.44. The Balaban J connectivity index is 2.00. The van der Waals surface area contributed by atoms with Crippen LogP contribution >= 0.6 is 0 Å². The fourth-order valence-electron chi connectivity index (χ4n) is 2.44. The molecule has 0 aliphatic heterocycles. The SMILES string of the molecule is Cc1cc(-n2cncn2)ccc1C(=O)NCC(C)(O)CCC(C)C. The van der Waals surface area contributed by atoms with E-state index in [1.807, 2.05) is 19.1 Å². The first-order chi connectivity index (χ1) is 11.3. The van der Waals surface area contributed by atoms with E-state index in [0.29, 0.717) is 17.9 Å². The molecule has 2 N–H and O–H groups in total. The Morgan fingerprint density at radius 1 is 1.42 bits per heavy atom. The van der Waals surface area contributed by atoms with E-state index >= 15 is 0 Å². The Morgan fingerprint density at radius 3 is 2.75 bits per heavy atom. The van der Waals surface area contributed by atoms with Crippen molar-refractivity contribution in [1.82, 2.24) is 20.1 Å². The molecule has 1 unspecified atom stereocenters. The van der Waals surface area contributed by atoms with Gasteiger partial charge in [-0.05, 0) is 56.4 Å². The Labute approximate surface area is 142 Å². The van der Waals surface area contributed by atoms with E-state index < -0.39 is 5.60 Å². The average Bonchev–Trinajstić information content (AvgIpc) is 3.05. The van der Waals surface area contributed by atoms with Crippen molar-refractivity contribution in [3.05, 3.63) is 42.0 Å². The molecule has 0 saturated heterocycles. The number of hydrogen-bond donors (Lipinski definition) is 2. The van der Waals surface area contributed by atoms with Crippen molar-refractivity contribution >= 4 is 5.91 Å². The van der Waals surface area contributed by atoms with Crippen LogP contribution in [0.5, 0.6) is 0 Å². The van der Waals surface area contributed by atoms with Crippen LogP contribution in [0.1, 0.15) is 49.5 Å². The summed E-state index contributed by atoms with van der Waals surface area (Å²) in [5.74, 6) is 0.348. The fraction of sp³-hybridized carbons (Fsp3) is 0.500. The summed E-state index contributed by atoms with van der Waals surface area (Å²) in [5, 5.41) is 17.3. The van der Waals surface area contributed by atoms with E-state index in [9.17, 15) is 9.90 Å². The summed E-state index contributed by atoms with van der Waals surface area (Å²) in [4.78, 5) is 16.3. The molecule has 2 rings (SSSR count). The summed E-state index contributed by atoms with van der Waals surface area (Å²) in [5.41, 5.74) is 1.40. The van der Waals surface area contributed by atoms with Crippen molar-refractivity contribution in [1.29, 1.82) is 0 Å². The minimum absolute atomic E-state index is 0.178. The topological polar surface area (TPSA) is 80.0 Å². The number of aliphatic hydroxyl groups is 1. The monoisotopic (exact) mass is 330 g/mol. The zero-order valence-electron chi connectivity index (χ0n) is 14.8. The predicted molar refractivity (Wildman–Crippen MR) is 93.1 cm³/mol. The van der Waals surface area contributed by atoms with Gasteiger partial charge in [-0.3, -0.25) is 4.79 Å². The first kappa shape index (κ1) is 18.1. The highest BCUT2D eigenvalue weighted by atomic mass is 16.3. The van der Waals surface area contributed by atoms with Crippen molar-refractivity contribution in [2.24, 2.45) is 5.92 Å². The van der Waals surface area contributed by atoms with Gasteiger partial charge in [0.2, 0.25) is 0 Å². The van der Waals surface area contributed by atoms with Crippen molar-refractivity contribution in [3.8, 4) is 5.69 Å². The van der Waals surface area contributed by atoms with Gasteiger partial charge in [0, 0.05) is 12.1 Å². The van der Waals surface area contributed by atoms with Gasteiger partial charge < -0.3 is 10.4 Å². The van der Waals surface area contributed by atoms with Gasteiger partial charge in [0.1, 0.15) is 12.7 Å². The Hall–Kier alpha value is -2.21. The number of hydrogen-bond acceptors (Lipinski definition) is 4. The molecule has 1 amide bonds. The van der Waals surface area contributed by atoms with Crippen LogP contribution in [0.4, 0.5) is 0 Å². The summed E-state index contributed by atoms with van der Waals surface area (Å²) < 4.78 is 1.64. The van der Waals surface area contributed by atoms with E-state index in [1.54, 1.807) is 24.0 Å². The van der Waals surface area contributed by atoms with Gasteiger partial charge in [-0.2, -0.15) is 5.10 Å². The molecule has 0 radical (unpaired) electrons. The minimum Gasteiger partial charge on any atom is -0.388 e. The van der Waals surface area contributed by atoms with Gasteiger partial charge in [-0.25, -0.2) is 9.67 Å². The maximum absolute atomic E-state index is 12.4. The molecular weight excluding hydrogens is 304 g/mol. The van der Waals surface area contributed by atoms with Gasteiger partial charge in [0.05, 0.1) is 11.3 Å². The lowest BCUT2D eigenvalue weighted by atomic mass is 9.95. The van der Waals surface area contributed by atoms with Crippen molar-refractivity contribution in [2.45, 2.75) is 46.1 Å².